The maximum atomic E-state index is 13.0. The molecule has 2 heterocycles. The minimum absolute atomic E-state index is 0.0240. The molecule has 2 aromatic carbocycles. The first-order valence-corrected chi connectivity index (χ1v) is 9.19. The molecule has 0 aliphatic carbocycles. The van der Waals surface area contributed by atoms with Crippen LogP contribution in [0.5, 0.6) is 5.75 Å². The number of ether oxygens (including phenoxy) is 1. The molecule has 1 aliphatic rings. The summed E-state index contributed by atoms with van der Waals surface area (Å²) in [5, 5.41) is 17.4. The number of nitrogens with zero attached hydrogens (tertiary/aromatic N) is 2. The Kier molecular flexibility index (Phi) is 4.98. The summed E-state index contributed by atoms with van der Waals surface area (Å²) >= 11 is 0. The molecular formula is C21H18F3N3O3. The summed E-state index contributed by atoms with van der Waals surface area (Å²) in [5.41, 5.74) is 0.472. The van der Waals surface area contributed by atoms with Crippen LogP contribution >= 0.6 is 0 Å². The highest BCUT2D eigenvalue weighted by Gasteiger charge is 2.32. The Labute approximate surface area is 169 Å². The van der Waals surface area contributed by atoms with Gasteiger partial charge in [-0.2, -0.15) is 18.3 Å². The second-order valence-corrected chi connectivity index (χ2v) is 7.00. The molecule has 30 heavy (non-hydrogen) atoms. The molecule has 0 bridgehead atoms. The third-order valence-electron chi connectivity index (χ3n) is 4.89. The molecule has 1 aliphatic heterocycles. The number of amides is 1. The molecule has 0 saturated carbocycles. The van der Waals surface area contributed by atoms with Crippen LogP contribution in [-0.4, -0.2) is 33.4 Å². The number of carbonyl (C=O) groups excluding carboxylic acids is 1. The monoisotopic (exact) mass is 417 g/mol. The van der Waals surface area contributed by atoms with Gasteiger partial charge in [0.1, 0.15) is 18.5 Å². The molecule has 2 unspecified atom stereocenters. The molecule has 9 heteroatoms. The quantitative estimate of drug-likeness (QED) is 0.685. The van der Waals surface area contributed by atoms with Crippen LogP contribution in [-0.2, 0) is 6.18 Å². The average molecular weight is 417 g/mol. The lowest BCUT2D eigenvalue weighted by Gasteiger charge is -2.30. The van der Waals surface area contributed by atoms with Gasteiger partial charge in [-0.15, -0.1) is 0 Å². The Morgan fingerprint density at radius 1 is 1.20 bits per heavy atom. The van der Waals surface area contributed by atoms with Crippen LogP contribution < -0.4 is 10.1 Å². The lowest BCUT2D eigenvalue weighted by Crippen LogP contribution is -2.45. The first kappa shape index (κ1) is 20.0. The summed E-state index contributed by atoms with van der Waals surface area (Å²) in [5.74, 6) is -0.00368. The average Bonchev–Trinajstić information content (AvgIpc) is 3.11. The van der Waals surface area contributed by atoms with Crippen molar-refractivity contribution in [2.24, 2.45) is 0 Å². The number of aliphatic hydroxyl groups excluding tert-OH is 1. The van der Waals surface area contributed by atoms with Crippen molar-refractivity contribution in [2.45, 2.75) is 25.2 Å². The van der Waals surface area contributed by atoms with E-state index < -0.39 is 29.8 Å². The van der Waals surface area contributed by atoms with Crippen molar-refractivity contribution in [1.29, 1.82) is 0 Å². The number of aryl methyl sites for hydroxylation is 1. The molecule has 0 radical (unpaired) electrons. The number of halogens is 3. The highest BCUT2D eigenvalue weighted by Crippen LogP contribution is 2.32. The van der Waals surface area contributed by atoms with Gasteiger partial charge in [-0.25, -0.2) is 4.68 Å². The minimum Gasteiger partial charge on any atom is -0.491 e. The smallest absolute Gasteiger partial charge is 0.416 e. The number of rotatable bonds is 3. The molecule has 2 N–H and O–H groups in total. The lowest BCUT2D eigenvalue weighted by molar-refractivity contribution is -0.137. The zero-order valence-corrected chi connectivity index (χ0v) is 15.8. The third kappa shape index (κ3) is 3.76. The number of aromatic nitrogens is 2. The van der Waals surface area contributed by atoms with Crippen molar-refractivity contribution in [2.75, 3.05) is 6.61 Å². The van der Waals surface area contributed by atoms with Crippen LogP contribution in [0.3, 0.4) is 0 Å². The van der Waals surface area contributed by atoms with Gasteiger partial charge in [0.05, 0.1) is 17.3 Å². The molecule has 0 spiro atoms. The Hall–Kier alpha value is -3.33. The SMILES string of the molecule is Cc1cc(C(=O)NC2COc3ccccc3C2O)nn1-c1cccc(C(F)(F)F)c1. The number of carbonyl (C=O) groups is 1. The third-order valence-corrected chi connectivity index (χ3v) is 4.89. The van der Waals surface area contributed by atoms with Gasteiger partial charge in [0.15, 0.2) is 5.69 Å². The van der Waals surface area contributed by atoms with Crippen LogP contribution in [0, 0.1) is 6.92 Å². The number of aliphatic hydroxyl groups is 1. The van der Waals surface area contributed by atoms with E-state index in [4.69, 9.17) is 4.74 Å². The predicted octanol–water partition coefficient (Wildman–Crippen LogP) is 3.42. The predicted molar refractivity (Wildman–Crippen MR) is 101 cm³/mol. The molecule has 0 saturated heterocycles. The Balaban J connectivity index is 1.55. The van der Waals surface area contributed by atoms with Crippen molar-refractivity contribution in [3.05, 3.63) is 77.1 Å². The Bertz CT molecular complexity index is 1090. The van der Waals surface area contributed by atoms with Gasteiger partial charge in [0.25, 0.3) is 5.91 Å². The van der Waals surface area contributed by atoms with Crippen molar-refractivity contribution in [3.63, 3.8) is 0 Å². The summed E-state index contributed by atoms with van der Waals surface area (Å²) in [6.07, 6.45) is -5.43. The number of benzene rings is 2. The molecule has 6 nitrogen and oxygen atoms in total. The van der Waals surface area contributed by atoms with E-state index in [-0.39, 0.29) is 18.0 Å². The molecule has 2 atom stereocenters. The lowest BCUT2D eigenvalue weighted by atomic mass is 9.99. The fourth-order valence-electron chi connectivity index (χ4n) is 3.37. The van der Waals surface area contributed by atoms with E-state index in [1.54, 1.807) is 31.2 Å². The molecule has 1 aromatic heterocycles. The summed E-state index contributed by atoms with van der Waals surface area (Å²) in [4.78, 5) is 12.7. The maximum Gasteiger partial charge on any atom is 0.416 e. The first-order valence-electron chi connectivity index (χ1n) is 9.19. The maximum absolute atomic E-state index is 13.0. The van der Waals surface area contributed by atoms with Crippen molar-refractivity contribution in [3.8, 4) is 11.4 Å². The summed E-state index contributed by atoms with van der Waals surface area (Å²) in [6, 6.07) is 12.5. The number of fused-ring (bicyclic) bond motifs is 1. The van der Waals surface area contributed by atoms with Crippen LogP contribution in [0.15, 0.2) is 54.6 Å². The van der Waals surface area contributed by atoms with Crippen LogP contribution in [0.2, 0.25) is 0 Å². The van der Waals surface area contributed by atoms with Crippen molar-refractivity contribution >= 4 is 5.91 Å². The van der Waals surface area contributed by atoms with Crippen LogP contribution in [0.4, 0.5) is 13.2 Å². The summed E-state index contributed by atoms with van der Waals surface area (Å²) < 4.78 is 45.8. The normalized spacial score (nSPS) is 18.4. The van der Waals surface area contributed by atoms with Gasteiger partial charge in [-0.3, -0.25) is 4.79 Å². The number of hydrogen-bond donors (Lipinski definition) is 2. The standard InChI is InChI=1S/C21H18F3N3O3/c1-12-9-16(26-27(12)14-6-4-5-13(10-14)21(22,23)24)20(29)25-17-11-30-18-8-3-2-7-15(18)19(17)28/h2-10,17,19,28H,11H2,1H3,(H,25,29). The molecule has 0 fully saturated rings. The van der Waals surface area contributed by atoms with E-state index in [2.05, 4.69) is 10.4 Å². The van der Waals surface area contributed by atoms with E-state index in [0.29, 0.717) is 17.0 Å². The molecular weight excluding hydrogens is 399 g/mol. The molecule has 3 aromatic rings. The highest BCUT2D eigenvalue weighted by molar-refractivity contribution is 5.92. The number of para-hydroxylation sites is 1. The van der Waals surface area contributed by atoms with Gasteiger partial charge in [-0.1, -0.05) is 24.3 Å². The largest absolute Gasteiger partial charge is 0.491 e. The van der Waals surface area contributed by atoms with E-state index in [9.17, 15) is 23.1 Å². The number of alkyl halides is 3. The van der Waals surface area contributed by atoms with Gasteiger partial charge in [0, 0.05) is 11.3 Å². The van der Waals surface area contributed by atoms with E-state index in [0.717, 1.165) is 12.1 Å². The topological polar surface area (TPSA) is 76.4 Å². The molecule has 1 amide bonds. The van der Waals surface area contributed by atoms with E-state index in [1.165, 1.54) is 22.9 Å². The zero-order chi connectivity index (χ0) is 21.5. The fraction of sp³-hybridized carbons (Fsp3) is 0.238. The Morgan fingerprint density at radius 2 is 1.97 bits per heavy atom. The zero-order valence-electron chi connectivity index (χ0n) is 15.8. The second kappa shape index (κ2) is 7.49. The number of hydrogen-bond acceptors (Lipinski definition) is 4. The van der Waals surface area contributed by atoms with Gasteiger partial charge in [-0.05, 0) is 37.3 Å². The van der Waals surface area contributed by atoms with Crippen molar-refractivity contribution < 1.29 is 27.8 Å². The molecule has 4 rings (SSSR count). The van der Waals surface area contributed by atoms with E-state index >= 15 is 0 Å². The molecule has 156 valence electrons. The van der Waals surface area contributed by atoms with Gasteiger partial charge >= 0.3 is 6.18 Å². The number of nitrogens with one attached hydrogen (secondary N) is 1. The first-order chi connectivity index (χ1) is 14.2. The van der Waals surface area contributed by atoms with E-state index in [1.807, 2.05) is 0 Å². The summed E-state index contributed by atoms with van der Waals surface area (Å²) in [7, 11) is 0. The van der Waals surface area contributed by atoms with Crippen LogP contribution in [0.1, 0.15) is 33.4 Å². The van der Waals surface area contributed by atoms with Gasteiger partial charge in [0.2, 0.25) is 0 Å². The second-order valence-electron chi connectivity index (χ2n) is 7.00. The Morgan fingerprint density at radius 3 is 2.73 bits per heavy atom. The fourth-order valence-corrected chi connectivity index (χ4v) is 3.37. The van der Waals surface area contributed by atoms with Crippen LogP contribution in [0.25, 0.3) is 5.69 Å². The van der Waals surface area contributed by atoms with Gasteiger partial charge < -0.3 is 15.2 Å². The highest BCUT2D eigenvalue weighted by atomic mass is 19.4. The van der Waals surface area contributed by atoms with Crippen molar-refractivity contribution in [1.82, 2.24) is 15.1 Å². The summed E-state index contributed by atoms with van der Waals surface area (Å²) in [6.45, 7) is 1.72. The minimum atomic E-state index is -4.48.